The van der Waals surface area contributed by atoms with Crippen LogP contribution in [0.3, 0.4) is 0 Å². The fourth-order valence-corrected chi connectivity index (χ4v) is 2.37. The fourth-order valence-electron chi connectivity index (χ4n) is 2.24. The van der Waals surface area contributed by atoms with Gasteiger partial charge in [0.2, 0.25) is 0 Å². The van der Waals surface area contributed by atoms with Crippen LogP contribution in [0.25, 0.3) is 0 Å². The van der Waals surface area contributed by atoms with Gasteiger partial charge >= 0.3 is 0 Å². The first-order chi connectivity index (χ1) is 10.6. The average Bonchev–Trinajstić information content (AvgIpc) is 2.52. The van der Waals surface area contributed by atoms with Crippen LogP contribution in [0.1, 0.15) is 6.92 Å². The van der Waals surface area contributed by atoms with E-state index in [1.54, 1.807) is 31.2 Å². The van der Waals surface area contributed by atoms with E-state index in [1.807, 2.05) is 0 Å². The molecule has 0 aromatic heterocycles. The predicted molar refractivity (Wildman–Crippen MR) is 87.7 cm³/mol. The molecule has 0 aliphatic carbocycles. The number of rotatable bonds is 8. The van der Waals surface area contributed by atoms with Crippen LogP contribution in [-0.2, 0) is 4.74 Å². The maximum atomic E-state index is 10.3. The standard InChI is InChI=1S/C16H25ClN2O3/c1-16(20,13-22-15-4-2-14(17)3-5-15)12-18-6-7-19-8-10-21-11-9-19/h2-5,18,20H,6-13H2,1H3/t16-/m0/s1. The highest BCUT2D eigenvalue weighted by molar-refractivity contribution is 6.30. The molecule has 124 valence electrons. The Morgan fingerprint density at radius 1 is 1.32 bits per heavy atom. The molecule has 1 aromatic carbocycles. The van der Waals surface area contributed by atoms with Gasteiger partial charge in [-0.25, -0.2) is 0 Å². The lowest BCUT2D eigenvalue weighted by atomic mass is 10.1. The molecule has 1 heterocycles. The minimum Gasteiger partial charge on any atom is -0.491 e. The average molecular weight is 329 g/mol. The van der Waals surface area contributed by atoms with E-state index in [0.29, 0.717) is 17.3 Å². The van der Waals surface area contributed by atoms with E-state index in [-0.39, 0.29) is 6.61 Å². The van der Waals surface area contributed by atoms with Crippen molar-refractivity contribution in [1.29, 1.82) is 0 Å². The number of nitrogens with zero attached hydrogens (tertiary/aromatic N) is 1. The number of benzene rings is 1. The highest BCUT2D eigenvalue weighted by Crippen LogP contribution is 2.16. The first-order valence-corrected chi connectivity index (χ1v) is 8.04. The first kappa shape index (κ1) is 17.5. The van der Waals surface area contributed by atoms with Crippen molar-refractivity contribution in [3.05, 3.63) is 29.3 Å². The van der Waals surface area contributed by atoms with Gasteiger partial charge < -0.3 is 19.9 Å². The highest BCUT2D eigenvalue weighted by Gasteiger charge is 2.21. The molecule has 0 radical (unpaired) electrons. The summed E-state index contributed by atoms with van der Waals surface area (Å²) < 4.78 is 10.9. The van der Waals surface area contributed by atoms with Crippen molar-refractivity contribution in [3.8, 4) is 5.75 Å². The monoisotopic (exact) mass is 328 g/mol. The lowest BCUT2D eigenvalue weighted by Crippen LogP contribution is -2.46. The van der Waals surface area contributed by atoms with Gasteiger partial charge in [0.1, 0.15) is 18.0 Å². The summed E-state index contributed by atoms with van der Waals surface area (Å²) in [5, 5.41) is 14.3. The van der Waals surface area contributed by atoms with Gasteiger partial charge in [-0.1, -0.05) is 11.6 Å². The fraction of sp³-hybridized carbons (Fsp3) is 0.625. The van der Waals surface area contributed by atoms with Crippen LogP contribution in [0.5, 0.6) is 5.75 Å². The molecule has 6 heteroatoms. The number of aliphatic hydroxyl groups is 1. The summed E-state index contributed by atoms with van der Waals surface area (Å²) >= 11 is 5.82. The molecule has 0 bridgehead atoms. The predicted octanol–water partition coefficient (Wildman–Crippen LogP) is 1.39. The quantitative estimate of drug-likeness (QED) is 0.706. The van der Waals surface area contributed by atoms with Crippen LogP contribution in [-0.4, -0.2) is 68.2 Å². The Balaban J connectivity index is 1.61. The Morgan fingerprint density at radius 2 is 2.00 bits per heavy atom. The van der Waals surface area contributed by atoms with E-state index in [0.717, 1.165) is 39.4 Å². The van der Waals surface area contributed by atoms with Crippen molar-refractivity contribution >= 4 is 11.6 Å². The van der Waals surface area contributed by atoms with Gasteiger partial charge in [0.15, 0.2) is 0 Å². The number of nitrogens with one attached hydrogen (secondary N) is 1. The molecule has 22 heavy (non-hydrogen) atoms. The van der Waals surface area contributed by atoms with E-state index in [1.165, 1.54) is 0 Å². The Bertz CT molecular complexity index is 434. The van der Waals surface area contributed by atoms with Crippen LogP contribution in [0.15, 0.2) is 24.3 Å². The second kappa shape index (κ2) is 8.70. The summed E-state index contributed by atoms with van der Waals surface area (Å²) in [7, 11) is 0. The Hall–Kier alpha value is -0.850. The van der Waals surface area contributed by atoms with Crippen LogP contribution < -0.4 is 10.1 Å². The summed E-state index contributed by atoms with van der Waals surface area (Å²) in [5.41, 5.74) is -0.912. The summed E-state index contributed by atoms with van der Waals surface area (Å²) in [4.78, 5) is 2.36. The van der Waals surface area contributed by atoms with E-state index >= 15 is 0 Å². The molecular formula is C16H25ClN2O3. The van der Waals surface area contributed by atoms with Crippen molar-refractivity contribution in [1.82, 2.24) is 10.2 Å². The lowest BCUT2D eigenvalue weighted by molar-refractivity contribution is 0.0101. The topological polar surface area (TPSA) is 54.0 Å². The van der Waals surface area contributed by atoms with E-state index < -0.39 is 5.60 Å². The zero-order valence-electron chi connectivity index (χ0n) is 13.1. The van der Waals surface area contributed by atoms with Crippen molar-refractivity contribution in [2.75, 3.05) is 52.5 Å². The number of morpholine rings is 1. The minimum atomic E-state index is -0.912. The molecule has 1 aliphatic heterocycles. The molecule has 1 saturated heterocycles. The van der Waals surface area contributed by atoms with Gasteiger partial charge in [-0.3, -0.25) is 4.90 Å². The Labute approximate surface area is 137 Å². The lowest BCUT2D eigenvalue weighted by Gasteiger charge is -2.28. The molecule has 1 fully saturated rings. The van der Waals surface area contributed by atoms with Crippen LogP contribution >= 0.6 is 11.6 Å². The van der Waals surface area contributed by atoms with E-state index in [4.69, 9.17) is 21.1 Å². The van der Waals surface area contributed by atoms with Gasteiger partial charge in [0, 0.05) is 37.7 Å². The zero-order chi connectivity index (χ0) is 15.8. The molecule has 0 amide bonds. The highest BCUT2D eigenvalue weighted by atomic mass is 35.5. The molecule has 5 nitrogen and oxygen atoms in total. The third kappa shape index (κ3) is 6.50. The third-order valence-electron chi connectivity index (χ3n) is 3.58. The summed E-state index contributed by atoms with van der Waals surface area (Å²) in [6.07, 6.45) is 0. The van der Waals surface area contributed by atoms with Gasteiger partial charge in [-0.05, 0) is 31.2 Å². The molecule has 0 spiro atoms. The maximum Gasteiger partial charge on any atom is 0.119 e. The summed E-state index contributed by atoms with van der Waals surface area (Å²) in [5.74, 6) is 0.706. The van der Waals surface area contributed by atoms with Crippen molar-refractivity contribution < 1.29 is 14.6 Å². The smallest absolute Gasteiger partial charge is 0.119 e. The normalized spacial score (nSPS) is 18.9. The molecule has 0 unspecified atom stereocenters. The molecule has 1 aliphatic rings. The van der Waals surface area contributed by atoms with Gasteiger partial charge in [0.05, 0.1) is 13.2 Å². The molecule has 1 aromatic rings. The SMILES string of the molecule is C[C@](O)(CNCCN1CCOCC1)COc1ccc(Cl)cc1. The van der Waals surface area contributed by atoms with Crippen molar-refractivity contribution in [2.24, 2.45) is 0 Å². The molecule has 0 saturated carbocycles. The minimum absolute atomic E-state index is 0.235. The number of hydrogen-bond donors (Lipinski definition) is 2. The second-order valence-electron chi connectivity index (χ2n) is 5.87. The molecule has 2 N–H and O–H groups in total. The van der Waals surface area contributed by atoms with Gasteiger partial charge in [0.25, 0.3) is 0 Å². The van der Waals surface area contributed by atoms with Crippen LogP contribution in [0.4, 0.5) is 0 Å². The molecule has 2 rings (SSSR count). The summed E-state index contributed by atoms with van der Waals surface area (Å²) in [6, 6.07) is 7.13. The largest absolute Gasteiger partial charge is 0.491 e. The van der Waals surface area contributed by atoms with E-state index in [9.17, 15) is 5.11 Å². The van der Waals surface area contributed by atoms with E-state index in [2.05, 4.69) is 10.2 Å². The molecular weight excluding hydrogens is 304 g/mol. The maximum absolute atomic E-state index is 10.3. The van der Waals surface area contributed by atoms with Crippen molar-refractivity contribution in [2.45, 2.75) is 12.5 Å². The van der Waals surface area contributed by atoms with Crippen LogP contribution in [0, 0.1) is 0 Å². The van der Waals surface area contributed by atoms with Crippen LogP contribution in [0.2, 0.25) is 5.02 Å². The van der Waals surface area contributed by atoms with Gasteiger partial charge in [-0.15, -0.1) is 0 Å². The van der Waals surface area contributed by atoms with Crippen molar-refractivity contribution in [3.63, 3.8) is 0 Å². The zero-order valence-corrected chi connectivity index (χ0v) is 13.8. The third-order valence-corrected chi connectivity index (χ3v) is 3.83. The second-order valence-corrected chi connectivity index (χ2v) is 6.31. The Morgan fingerprint density at radius 3 is 2.68 bits per heavy atom. The number of hydrogen-bond acceptors (Lipinski definition) is 5. The van der Waals surface area contributed by atoms with Gasteiger partial charge in [-0.2, -0.15) is 0 Å². The number of halogens is 1. The Kier molecular flexibility index (Phi) is 6.92. The molecule has 1 atom stereocenters. The number of ether oxygens (including phenoxy) is 2. The summed E-state index contributed by atoms with van der Waals surface area (Å²) in [6.45, 7) is 7.90. The first-order valence-electron chi connectivity index (χ1n) is 7.67.